The molecule has 0 aliphatic heterocycles. The van der Waals surface area contributed by atoms with Crippen molar-refractivity contribution in [3.05, 3.63) is 279 Å². The molecule has 6 heterocycles. The number of pyridine rings is 1. The first-order valence-corrected chi connectivity index (χ1v) is 27.7. The molecule has 0 atom stereocenters. The first-order chi connectivity index (χ1) is 40.7. The number of hydrogen-bond donors (Lipinski definition) is 0. The minimum Gasteiger partial charge on any atom is -0.305 e. The summed E-state index contributed by atoms with van der Waals surface area (Å²) in [7, 11) is 0. The van der Waals surface area contributed by atoms with Crippen LogP contribution in [-0.2, 0) is 0 Å². The van der Waals surface area contributed by atoms with Crippen LogP contribution in [0.25, 0.3) is 156 Å². The molecule has 8 nitrogen and oxygen atoms in total. The number of hydrogen-bond acceptors (Lipinski definition) is 4. The Kier molecular flexibility index (Phi) is 10.1. The van der Waals surface area contributed by atoms with Crippen molar-refractivity contribution in [1.29, 1.82) is 0 Å². The predicted molar refractivity (Wildman–Crippen MR) is 337 cm³/mol. The van der Waals surface area contributed by atoms with Crippen LogP contribution in [0.2, 0.25) is 0 Å². The molecule has 0 radical (unpaired) electrons. The Hall–Kier alpha value is -11.2. The molecule has 0 aliphatic rings. The lowest BCUT2D eigenvalue weighted by molar-refractivity contribution is 0.977. The predicted octanol–water partition coefficient (Wildman–Crippen LogP) is 18.3. The maximum atomic E-state index is 6.33. The summed E-state index contributed by atoms with van der Waals surface area (Å²) in [6.45, 7) is 0. The van der Waals surface area contributed by atoms with Gasteiger partial charge in [0.15, 0.2) is 23.3 Å². The van der Waals surface area contributed by atoms with Crippen molar-refractivity contribution in [3.8, 4) is 68.3 Å². The van der Waals surface area contributed by atoms with Gasteiger partial charge in [0.2, 0.25) is 0 Å². The van der Waals surface area contributed by atoms with E-state index in [4.69, 9.17) is 19.9 Å². The van der Waals surface area contributed by atoms with Crippen LogP contribution in [0.3, 0.4) is 0 Å². The first-order valence-electron chi connectivity index (χ1n) is 27.7. The summed E-state index contributed by atoms with van der Waals surface area (Å²) in [6.07, 6.45) is 0. The lowest BCUT2D eigenvalue weighted by Gasteiger charge is -2.27. The van der Waals surface area contributed by atoms with E-state index in [-0.39, 0.29) is 0 Å². The molecule has 382 valence electrons. The lowest BCUT2D eigenvalue weighted by Crippen LogP contribution is -2.16. The Bertz CT molecular complexity index is 5120. The van der Waals surface area contributed by atoms with Gasteiger partial charge in [-0.1, -0.05) is 231 Å². The SMILES string of the molecule is c1ccc(-c2nc(-c3ccccc3)nc(-c3ccc(-c4nc(-n5c6ccccc6c6ccccc65)c(-n5c6ccccc6c6ccccc65)c(-n5c6ccccc6c6ccccc65)c4-n4c5ccccc5c5ccccc54)cc3)n2)cc1. The highest BCUT2D eigenvalue weighted by atomic mass is 15.2. The van der Waals surface area contributed by atoms with E-state index in [9.17, 15) is 0 Å². The molecule has 17 aromatic rings. The fraction of sp³-hybridized carbons (Fsp3) is 0. The molecular formula is C74H46N8. The van der Waals surface area contributed by atoms with Crippen molar-refractivity contribution in [2.75, 3.05) is 0 Å². The van der Waals surface area contributed by atoms with Gasteiger partial charge in [-0.3, -0.25) is 4.57 Å². The van der Waals surface area contributed by atoms with Gasteiger partial charge in [0.25, 0.3) is 0 Å². The van der Waals surface area contributed by atoms with E-state index in [1.807, 2.05) is 60.7 Å². The molecule has 0 aliphatic carbocycles. The fourth-order valence-electron chi connectivity index (χ4n) is 12.9. The van der Waals surface area contributed by atoms with E-state index in [0.717, 1.165) is 138 Å². The summed E-state index contributed by atoms with van der Waals surface area (Å²) in [5.41, 5.74) is 15.7. The topological polar surface area (TPSA) is 71.3 Å². The number of nitrogens with zero attached hydrogens (tertiary/aromatic N) is 8. The third-order valence-corrected chi connectivity index (χ3v) is 16.4. The van der Waals surface area contributed by atoms with E-state index in [0.29, 0.717) is 17.5 Å². The smallest absolute Gasteiger partial charge is 0.165 e. The molecule has 0 N–H and O–H groups in total. The Morgan fingerprint density at radius 2 is 0.427 bits per heavy atom. The van der Waals surface area contributed by atoms with Gasteiger partial charge in [-0.15, -0.1) is 0 Å². The van der Waals surface area contributed by atoms with Crippen molar-refractivity contribution >= 4 is 87.2 Å². The molecule has 0 saturated carbocycles. The Labute approximate surface area is 470 Å². The van der Waals surface area contributed by atoms with Crippen LogP contribution in [0.15, 0.2) is 279 Å². The molecule has 0 amide bonds. The van der Waals surface area contributed by atoms with E-state index in [1.165, 1.54) is 0 Å². The average Bonchev–Trinajstić information content (AvgIpc) is 2.64. The summed E-state index contributed by atoms with van der Waals surface area (Å²) in [6, 6.07) is 99.5. The highest BCUT2D eigenvalue weighted by Gasteiger charge is 2.33. The van der Waals surface area contributed by atoms with Crippen LogP contribution >= 0.6 is 0 Å². The monoisotopic (exact) mass is 1050 g/mol. The number of benzene rings is 11. The number of para-hydroxylation sites is 8. The Balaban J connectivity index is 1.09. The number of aromatic nitrogens is 8. The molecule has 0 bridgehead atoms. The second kappa shape index (κ2) is 18.2. The molecule has 8 heteroatoms. The average molecular weight is 1050 g/mol. The molecule has 0 fully saturated rings. The van der Waals surface area contributed by atoms with Gasteiger partial charge in [-0.2, -0.15) is 0 Å². The van der Waals surface area contributed by atoms with Crippen LogP contribution in [0.5, 0.6) is 0 Å². The van der Waals surface area contributed by atoms with Crippen LogP contribution in [0.4, 0.5) is 0 Å². The largest absolute Gasteiger partial charge is 0.305 e. The summed E-state index contributed by atoms with van der Waals surface area (Å²) < 4.78 is 9.92. The van der Waals surface area contributed by atoms with Gasteiger partial charge < -0.3 is 13.7 Å². The third-order valence-electron chi connectivity index (χ3n) is 16.4. The van der Waals surface area contributed by atoms with Crippen LogP contribution in [-0.4, -0.2) is 38.2 Å². The van der Waals surface area contributed by atoms with Gasteiger partial charge in [0.05, 0.1) is 55.5 Å². The second-order valence-electron chi connectivity index (χ2n) is 20.9. The molecular weight excluding hydrogens is 1000 g/mol. The Morgan fingerprint density at radius 3 is 0.756 bits per heavy atom. The highest BCUT2D eigenvalue weighted by Crippen LogP contribution is 2.49. The van der Waals surface area contributed by atoms with Crippen LogP contribution in [0.1, 0.15) is 0 Å². The molecule has 0 unspecified atom stereocenters. The summed E-state index contributed by atoms with van der Waals surface area (Å²) in [4.78, 5) is 21.7. The first kappa shape index (κ1) is 45.8. The standard InChI is InChI=1S/C74H46N8/c1-3-23-48(24-4-1)71-76-72(49-25-5-2-6-26-49)78-73(77-71)50-45-43-47(44-46-50)67-68(79-59-35-15-7-27-51(59)52-28-8-16-36-60(52)79)69(80-61-37-17-9-29-53(61)54-30-10-18-38-62(54)80)70(81-63-39-19-11-31-55(63)56-32-12-20-40-64(56)81)74(75-67)82-65-41-21-13-33-57(65)58-34-14-22-42-66(58)82/h1-46H. The van der Waals surface area contributed by atoms with E-state index in [1.54, 1.807) is 0 Å². The summed E-state index contributed by atoms with van der Waals surface area (Å²) >= 11 is 0. The van der Waals surface area contributed by atoms with Crippen molar-refractivity contribution < 1.29 is 0 Å². The second-order valence-corrected chi connectivity index (χ2v) is 20.9. The molecule has 6 aromatic heterocycles. The normalized spacial score (nSPS) is 11.9. The quantitative estimate of drug-likeness (QED) is 0.152. The fourth-order valence-corrected chi connectivity index (χ4v) is 12.9. The molecule has 11 aromatic carbocycles. The van der Waals surface area contributed by atoms with Gasteiger partial charge in [-0.05, 0) is 48.5 Å². The Morgan fingerprint density at radius 1 is 0.183 bits per heavy atom. The molecule has 82 heavy (non-hydrogen) atoms. The lowest BCUT2D eigenvalue weighted by atomic mass is 10.0. The van der Waals surface area contributed by atoms with Crippen molar-refractivity contribution in [2.45, 2.75) is 0 Å². The van der Waals surface area contributed by atoms with Gasteiger partial charge in [-0.25, -0.2) is 19.9 Å². The summed E-state index contributed by atoms with van der Waals surface area (Å²) in [5.74, 6) is 2.57. The summed E-state index contributed by atoms with van der Waals surface area (Å²) in [5, 5.41) is 9.21. The molecule has 17 rings (SSSR count). The molecule has 0 spiro atoms. The van der Waals surface area contributed by atoms with E-state index in [2.05, 4.69) is 237 Å². The highest BCUT2D eigenvalue weighted by molar-refractivity contribution is 6.16. The zero-order valence-electron chi connectivity index (χ0n) is 44.1. The zero-order chi connectivity index (χ0) is 53.8. The van der Waals surface area contributed by atoms with Crippen LogP contribution < -0.4 is 0 Å². The van der Waals surface area contributed by atoms with Gasteiger partial charge in [0, 0.05) is 65.3 Å². The van der Waals surface area contributed by atoms with Crippen molar-refractivity contribution in [2.24, 2.45) is 0 Å². The third kappa shape index (κ3) is 6.85. The van der Waals surface area contributed by atoms with Crippen molar-refractivity contribution in [1.82, 2.24) is 38.2 Å². The minimum absolute atomic E-state index is 0.577. The number of fused-ring (bicyclic) bond motifs is 12. The zero-order valence-corrected chi connectivity index (χ0v) is 44.1. The van der Waals surface area contributed by atoms with E-state index < -0.39 is 0 Å². The number of rotatable bonds is 8. The molecule has 0 saturated heterocycles. The van der Waals surface area contributed by atoms with Crippen molar-refractivity contribution in [3.63, 3.8) is 0 Å². The van der Waals surface area contributed by atoms with Gasteiger partial charge in [0.1, 0.15) is 11.4 Å². The van der Waals surface area contributed by atoms with Crippen LogP contribution in [0, 0.1) is 0 Å². The van der Waals surface area contributed by atoms with Gasteiger partial charge >= 0.3 is 0 Å². The maximum Gasteiger partial charge on any atom is 0.165 e. The van der Waals surface area contributed by atoms with E-state index >= 15 is 0 Å². The minimum atomic E-state index is 0.577. The maximum absolute atomic E-state index is 6.33.